The van der Waals surface area contributed by atoms with Crippen LogP contribution < -0.4 is 5.43 Å². The van der Waals surface area contributed by atoms with E-state index in [-0.39, 0.29) is 17.8 Å². The van der Waals surface area contributed by atoms with Gasteiger partial charge in [0.2, 0.25) is 5.76 Å². The van der Waals surface area contributed by atoms with E-state index in [1.807, 2.05) is 6.07 Å². The Hall–Kier alpha value is -1.62. The first-order valence-electron chi connectivity index (χ1n) is 7.07. The Morgan fingerprint density at radius 3 is 2.86 bits per heavy atom. The second-order valence-corrected chi connectivity index (χ2v) is 5.90. The lowest BCUT2D eigenvalue weighted by Gasteiger charge is -2.18. The van der Waals surface area contributed by atoms with Gasteiger partial charge in [-0.2, -0.15) is 0 Å². The van der Waals surface area contributed by atoms with E-state index >= 15 is 0 Å². The highest BCUT2D eigenvalue weighted by molar-refractivity contribution is 9.10. The quantitative estimate of drug-likeness (QED) is 0.776. The number of esters is 1. The van der Waals surface area contributed by atoms with Crippen LogP contribution >= 0.6 is 15.9 Å². The average Bonchev–Trinajstić information content (AvgIpc) is 2.49. The molecule has 1 aliphatic carbocycles. The van der Waals surface area contributed by atoms with Crippen LogP contribution in [-0.4, -0.2) is 12.6 Å². The molecule has 4 nitrogen and oxygen atoms in total. The highest BCUT2D eigenvalue weighted by Crippen LogP contribution is 2.34. The lowest BCUT2D eigenvalue weighted by Crippen LogP contribution is -2.12. The van der Waals surface area contributed by atoms with Gasteiger partial charge in [-0.3, -0.25) is 4.79 Å². The monoisotopic (exact) mass is 350 g/mol. The summed E-state index contributed by atoms with van der Waals surface area (Å²) < 4.78 is 11.3. The third-order valence-electron chi connectivity index (χ3n) is 3.75. The number of halogens is 1. The number of rotatable bonds is 2. The van der Waals surface area contributed by atoms with Crippen LogP contribution in [0.1, 0.15) is 41.4 Å². The maximum absolute atomic E-state index is 12.3. The predicted molar refractivity (Wildman–Crippen MR) is 82.8 cm³/mol. The van der Waals surface area contributed by atoms with Crippen LogP contribution in [0.25, 0.3) is 11.0 Å². The molecule has 1 heterocycles. The molecule has 0 radical (unpaired) electrons. The molecule has 2 aromatic rings. The molecule has 0 amide bonds. The molecule has 0 atom stereocenters. The van der Waals surface area contributed by atoms with Gasteiger partial charge in [0.1, 0.15) is 0 Å². The highest BCUT2D eigenvalue weighted by Gasteiger charge is 2.20. The molecule has 0 spiro atoms. The Morgan fingerprint density at radius 2 is 2.10 bits per heavy atom. The van der Waals surface area contributed by atoms with Gasteiger partial charge in [-0.15, -0.1) is 0 Å². The van der Waals surface area contributed by atoms with E-state index < -0.39 is 5.97 Å². The molecular weight excluding hydrogens is 336 g/mol. The molecule has 21 heavy (non-hydrogen) atoms. The van der Waals surface area contributed by atoms with Gasteiger partial charge in [0.25, 0.3) is 0 Å². The Labute approximate surface area is 130 Å². The fourth-order valence-electron chi connectivity index (χ4n) is 2.76. The Bertz CT molecular complexity index is 776. The molecule has 1 aromatic heterocycles. The molecule has 0 N–H and O–H groups in total. The van der Waals surface area contributed by atoms with E-state index in [0.29, 0.717) is 11.0 Å². The zero-order valence-electron chi connectivity index (χ0n) is 11.7. The highest BCUT2D eigenvalue weighted by atomic mass is 79.9. The molecule has 1 aromatic carbocycles. The van der Waals surface area contributed by atoms with Gasteiger partial charge < -0.3 is 9.15 Å². The van der Waals surface area contributed by atoms with Crippen LogP contribution in [-0.2, 0) is 17.6 Å². The van der Waals surface area contributed by atoms with Gasteiger partial charge in [-0.1, -0.05) is 0 Å². The average molecular weight is 351 g/mol. The summed E-state index contributed by atoms with van der Waals surface area (Å²) in [7, 11) is 0. The summed E-state index contributed by atoms with van der Waals surface area (Å²) in [5.41, 5.74) is 2.59. The minimum Gasteiger partial charge on any atom is -0.460 e. The topological polar surface area (TPSA) is 56.5 Å². The summed E-state index contributed by atoms with van der Waals surface area (Å²) in [6.45, 7) is 1.95. The molecule has 0 unspecified atom stereocenters. The summed E-state index contributed by atoms with van der Waals surface area (Å²) in [6, 6.07) is 3.11. The number of hydrogen-bond donors (Lipinski definition) is 0. The standard InChI is InChI=1S/C16H15BrO4/c1-2-20-16(19)13-8-12(18)11-7-9-5-3-4-6-10(9)14(17)15(11)21-13/h7-8H,2-6H2,1H3. The first kappa shape index (κ1) is 14.3. The van der Waals surface area contributed by atoms with Crippen molar-refractivity contribution in [2.24, 2.45) is 0 Å². The molecule has 1 aliphatic rings. The first-order chi connectivity index (χ1) is 10.1. The molecule has 3 rings (SSSR count). The van der Waals surface area contributed by atoms with Gasteiger partial charge in [0.05, 0.1) is 16.5 Å². The van der Waals surface area contributed by atoms with Crippen molar-refractivity contribution in [3.05, 3.63) is 43.7 Å². The van der Waals surface area contributed by atoms with E-state index in [9.17, 15) is 9.59 Å². The van der Waals surface area contributed by atoms with Crippen LogP contribution in [0.2, 0.25) is 0 Å². The summed E-state index contributed by atoms with van der Waals surface area (Å²) in [6.07, 6.45) is 4.19. The molecule has 110 valence electrons. The molecule has 0 saturated carbocycles. The van der Waals surface area contributed by atoms with Crippen LogP contribution in [0, 0.1) is 0 Å². The maximum atomic E-state index is 12.3. The van der Waals surface area contributed by atoms with Gasteiger partial charge in [0, 0.05) is 6.07 Å². The summed E-state index contributed by atoms with van der Waals surface area (Å²) >= 11 is 3.54. The van der Waals surface area contributed by atoms with Crippen molar-refractivity contribution in [3.63, 3.8) is 0 Å². The molecule has 0 bridgehead atoms. The summed E-state index contributed by atoms with van der Waals surface area (Å²) in [5, 5.41) is 0.510. The number of fused-ring (bicyclic) bond motifs is 2. The number of carbonyl (C=O) groups is 1. The summed E-state index contributed by atoms with van der Waals surface area (Å²) in [5.74, 6) is -0.660. The van der Waals surface area contributed by atoms with Gasteiger partial charge >= 0.3 is 5.97 Å². The van der Waals surface area contributed by atoms with Crippen molar-refractivity contribution in [1.29, 1.82) is 0 Å². The van der Waals surface area contributed by atoms with E-state index in [0.717, 1.165) is 30.2 Å². The Kier molecular flexibility index (Phi) is 3.85. The van der Waals surface area contributed by atoms with Gasteiger partial charge in [-0.05, 0) is 65.7 Å². The molecule has 0 fully saturated rings. The SMILES string of the molecule is CCOC(=O)c1cc(=O)c2cc3c(c(Br)c2o1)CCCC3. The van der Waals surface area contributed by atoms with Crippen molar-refractivity contribution in [2.75, 3.05) is 6.61 Å². The summed E-state index contributed by atoms with van der Waals surface area (Å²) in [4.78, 5) is 24.0. The third-order valence-corrected chi connectivity index (χ3v) is 4.59. The predicted octanol–water partition coefficient (Wildman–Crippen LogP) is 3.61. The molecule has 0 saturated heterocycles. The fourth-order valence-corrected chi connectivity index (χ4v) is 3.50. The number of aryl methyl sites for hydroxylation is 1. The molecular formula is C16H15BrO4. The second kappa shape index (κ2) is 5.64. The smallest absolute Gasteiger partial charge is 0.374 e. The zero-order valence-corrected chi connectivity index (χ0v) is 13.3. The zero-order chi connectivity index (χ0) is 15.0. The molecule has 5 heteroatoms. The Morgan fingerprint density at radius 1 is 1.33 bits per heavy atom. The van der Waals surface area contributed by atoms with E-state index in [1.165, 1.54) is 17.2 Å². The van der Waals surface area contributed by atoms with E-state index in [2.05, 4.69) is 15.9 Å². The van der Waals surface area contributed by atoms with Crippen molar-refractivity contribution in [2.45, 2.75) is 32.6 Å². The number of benzene rings is 1. The van der Waals surface area contributed by atoms with Crippen LogP contribution in [0.5, 0.6) is 0 Å². The Balaban J connectivity index is 2.24. The van der Waals surface area contributed by atoms with Crippen molar-refractivity contribution in [3.8, 4) is 0 Å². The van der Waals surface area contributed by atoms with Crippen LogP contribution in [0.3, 0.4) is 0 Å². The van der Waals surface area contributed by atoms with Gasteiger partial charge in [-0.25, -0.2) is 4.79 Å². The third kappa shape index (κ3) is 2.50. The lowest BCUT2D eigenvalue weighted by molar-refractivity contribution is 0.0490. The minimum atomic E-state index is -0.610. The second-order valence-electron chi connectivity index (χ2n) is 5.11. The number of ether oxygens (including phenoxy) is 1. The maximum Gasteiger partial charge on any atom is 0.374 e. The van der Waals surface area contributed by atoms with E-state index in [1.54, 1.807) is 6.92 Å². The number of carbonyl (C=O) groups excluding carboxylic acids is 1. The minimum absolute atomic E-state index is 0.0502. The van der Waals surface area contributed by atoms with E-state index in [4.69, 9.17) is 9.15 Å². The van der Waals surface area contributed by atoms with Crippen molar-refractivity contribution >= 4 is 32.9 Å². The van der Waals surface area contributed by atoms with Gasteiger partial charge in [0.15, 0.2) is 11.0 Å². The fraction of sp³-hybridized carbons (Fsp3) is 0.375. The van der Waals surface area contributed by atoms with Crippen LogP contribution in [0.15, 0.2) is 25.8 Å². The number of hydrogen-bond acceptors (Lipinski definition) is 4. The van der Waals surface area contributed by atoms with Crippen LogP contribution in [0.4, 0.5) is 0 Å². The largest absolute Gasteiger partial charge is 0.460 e. The van der Waals surface area contributed by atoms with Crippen molar-refractivity contribution in [1.82, 2.24) is 0 Å². The lowest BCUT2D eigenvalue weighted by atomic mass is 9.90. The first-order valence-corrected chi connectivity index (χ1v) is 7.86. The molecule has 0 aliphatic heterocycles. The normalized spacial score (nSPS) is 14.0. The van der Waals surface area contributed by atoms with Crippen molar-refractivity contribution < 1.29 is 13.9 Å².